The first-order valence-electron chi connectivity index (χ1n) is 11.6. The number of carboxylic acids is 2. The third-order valence-corrected chi connectivity index (χ3v) is 7.14. The number of halogens is 6. The van der Waals surface area contributed by atoms with Crippen LogP contribution in [0.3, 0.4) is 0 Å². The van der Waals surface area contributed by atoms with Gasteiger partial charge in [0.2, 0.25) is 0 Å². The second-order valence-electron chi connectivity index (χ2n) is 8.99. The molecule has 40 heavy (non-hydrogen) atoms. The van der Waals surface area contributed by atoms with Crippen molar-refractivity contribution in [2.45, 2.75) is 31.7 Å². The van der Waals surface area contributed by atoms with E-state index in [0.717, 1.165) is 45.6 Å². The van der Waals surface area contributed by atoms with E-state index in [0.29, 0.717) is 18.3 Å². The molecule has 17 heteroatoms. The molecule has 4 rings (SSSR count). The average Bonchev–Trinajstić information content (AvgIpc) is 3.63. The molecule has 2 fully saturated rings. The monoisotopic (exact) mass is 603 g/mol. The number of aliphatic carboxylic acids is 2. The van der Waals surface area contributed by atoms with E-state index in [1.807, 2.05) is 16.5 Å². The summed E-state index contributed by atoms with van der Waals surface area (Å²) in [6.45, 7) is 5.27. The summed E-state index contributed by atoms with van der Waals surface area (Å²) < 4.78 is 74.3. The third-order valence-electron chi connectivity index (χ3n) is 6.38. The van der Waals surface area contributed by atoms with Gasteiger partial charge in [-0.3, -0.25) is 9.69 Å². The van der Waals surface area contributed by atoms with Crippen molar-refractivity contribution in [3.63, 3.8) is 0 Å². The maximum atomic E-state index is 12.7. The van der Waals surface area contributed by atoms with Gasteiger partial charge < -0.3 is 24.3 Å². The molecule has 0 aliphatic carbocycles. The fraction of sp³-hybridized carbons (Fsp3) is 0.565. The number of hydrogen-bond acceptors (Lipinski definition) is 8. The van der Waals surface area contributed by atoms with Crippen LogP contribution in [0.15, 0.2) is 34.4 Å². The number of alkyl halides is 6. The summed E-state index contributed by atoms with van der Waals surface area (Å²) in [6.07, 6.45) is -4.55. The van der Waals surface area contributed by atoms with Gasteiger partial charge >= 0.3 is 24.3 Å². The van der Waals surface area contributed by atoms with Gasteiger partial charge in [0.1, 0.15) is 5.01 Å². The van der Waals surface area contributed by atoms with E-state index in [1.54, 1.807) is 36.8 Å². The SMILES string of the molecule is COCC1CN(C(=O)c2ccco2)CC12CCN(Cc1nccs1)CC2.O=C(O)C(F)(F)F.O=C(O)C(F)(F)F. The lowest BCUT2D eigenvalue weighted by Crippen LogP contribution is -2.45. The van der Waals surface area contributed by atoms with Gasteiger partial charge in [-0.05, 0) is 43.5 Å². The first kappa shape index (κ1) is 33.0. The van der Waals surface area contributed by atoms with Crippen LogP contribution < -0.4 is 0 Å². The molecule has 2 aromatic rings. The number of ether oxygens (including phenoxy) is 1. The molecule has 2 N–H and O–H groups in total. The standard InChI is InChI=1S/C19H25N3O3S.2C2HF3O2/c1-24-13-15-11-22(18(23)16-3-2-9-25-16)14-19(15)4-7-21(8-5-19)12-17-20-6-10-26-17;2*3-2(4,5)1(6)7/h2-3,6,9-10,15H,4-5,7-8,11-14H2,1H3;2*(H,6,7). The van der Waals surface area contributed by atoms with Crippen molar-refractivity contribution >= 4 is 29.2 Å². The number of piperidine rings is 1. The van der Waals surface area contributed by atoms with E-state index in [-0.39, 0.29) is 11.3 Å². The molecule has 2 aliphatic rings. The van der Waals surface area contributed by atoms with Crippen molar-refractivity contribution in [3.05, 3.63) is 40.7 Å². The van der Waals surface area contributed by atoms with Crippen molar-refractivity contribution < 1.29 is 60.1 Å². The molecule has 0 bridgehead atoms. The Labute approximate surface area is 228 Å². The molecule has 1 unspecified atom stereocenters. The van der Waals surface area contributed by atoms with Crippen molar-refractivity contribution in [1.29, 1.82) is 0 Å². The number of carbonyl (C=O) groups is 3. The molecule has 0 radical (unpaired) electrons. The zero-order valence-electron chi connectivity index (χ0n) is 21.1. The zero-order valence-corrected chi connectivity index (χ0v) is 21.9. The van der Waals surface area contributed by atoms with E-state index in [2.05, 4.69) is 9.88 Å². The lowest BCUT2D eigenvalue weighted by Gasteiger charge is -2.42. The highest BCUT2D eigenvalue weighted by Gasteiger charge is 2.49. The number of furan rings is 1. The molecule has 2 aromatic heterocycles. The van der Waals surface area contributed by atoms with Crippen LogP contribution >= 0.6 is 11.3 Å². The van der Waals surface area contributed by atoms with Crippen LogP contribution in [0, 0.1) is 11.3 Å². The van der Waals surface area contributed by atoms with Crippen molar-refractivity contribution in [2.24, 2.45) is 11.3 Å². The van der Waals surface area contributed by atoms with Gasteiger partial charge in [0, 0.05) is 37.7 Å². The van der Waals surface area contributed by atoms with E-state index in [4.69, 9.17) is 29.0 Å². The number of hydrogen-bond donors (Lipinski definition) is 2. The summed E-state index contributed by atoms with van der Waals surface area (Å²) in [7, 11) is 1.75. The van der Waals surface area contributed by atoms with Crippen LogP contribution in [0.1, 0.15) is 28.4 Å². The van der Waals surface area contributed by atoms with Crippen LogP contribution in [0.5, 0.6) is 0 Å². The number of thiazole rings is 1. The van der Waals surface area contributed by atoms with Crippen molar-refractivity contribution in [3.8, 4) is 0 Å². The molecule has 2 saturated heterocycles. The number of likely N-dealkylation sites (tertiary alicyclic amines) is 2. The number of aromatic nitrogens is 1. The fourth-order valence-electron chi connectivity index (χ4n) is 4.42. The average molecular weight is 604 g/mol. The summed E-state index contributed by atoms with van der Waals surface area (Å²) in [5.41, 5.74) is 0.150. The molecule has 0 aromatic carbocycles. The maximum Gasteiger partial charge on any atom is 0.490 e. The van der Waals surface area contributed by atoms with Crippen molar-refractivity contribution in [2.75, 3.05) is 39.9 Å². The fourth-order valence-corrected chi connectivity index (χ4v) is 5.08. The molecular weight excluding hydrogens is 576 g/mol. The number of methoxy groups -OCH3 is 1. The number of carboxylic acid groups (broad SMARTS) is 2. The topological polar surface area (TPSA) is 133 Å². The number of carbonyl (C=O) groups excluding carboxylic acids is 1. The quantitative estimate of drug-likeness (QED) is 0.487. The molecule has 1 atom stereocenters. The summed E-state index contributed by atoms with van der Waals surface area (Å²) in [6, 6.07) is 3.51. The largest absolute Gasteiger partial charge is 0.490 e. The minimum Gasteiger partial charge on any atom is -0.475 e. The highest BCUT2D eigenvalue weighted by molar-refractivity contribution is 7.09. The molecule has 10 nitrogen and oxygen atoms in total. The van der Waals surface area contributed by atoms with Gasteiger partial charge in [-0.2, -0.15) is 26.3 Å². The van der Waals surface area contributed by atoms with Gasteiger partial charge in [0.15, 0.2) is 5.76 Å². The highest BCUT2D eigenvalue weighted by atomic mass is 32.1. The second kappa shape index (κ2) is 13.9. The van der Waals surface area contributed by atoms with E-state index in [1.165, 1.54) is 5.01 Å². The Morgan fingerprint density at radius 1 is 1.12 bits per heavy atom. The third kappa shape index (κ3) is 9.48. The Kier molecular flexibility index (Phi) is 11.5. The smallest absolute Gasteiger partial charge is 0.475 e. The van der Waals surface area contributed by atoms with Gasteiger partial charge in [0.05, 0.1) is 19.4 Å². The Hall–Kier alpha value is -3.18. The van der Waals surface area contributed by atoms with E-state index < -0.39 is 24.3 Å². The number of nitrogens with zero attached hydrogens (tertiary/aromatic N) is 3. The second-order valence-corrected chi connectivity index (χ2v) is 9.96. The van der Waals surface area contributed by atoms with Crippen LogP contribution in [-0.4, -0.2) is 95.1 Å². The number of amides is 1. The first-order chi connectivity index (χ1) is 18.6. The van der Waals surface area contributed by atoms with E-state index in [9.17, 15) is 31.1 Å². The molecule has 1 spiro atoms. The Bertz CT molecular complexity index is 1060. The minimum absolute atomic E-state index is 0.00167. The van der Waals surface area contributed by atoms with Gasteiger partial charge in [-0.15, -0.1) is 11.3 Å². The summed E-state index contributed by atoms with van der Waals surface area (Å²) in [5, 5.41) is 17.5. The van der Waals surface area contributed by atoms with Crippen LogP contribution in [0.25, 0.3) is 0 Å². The minimum atomic E-state index is -5.08. The molecule has 224 valence electrons. The molecule has 4 heterocycles. The van der Waals surface area contributed by atoms with Crippen LogP contribution in [-0.2, 0) is 20.9 Å². The summed E-state index contributed by atoms with van der Waals surface area (Å²) in [4.78, 5) is 39.4. The normalized spacial score (nSPS) is 18.9. The highest BCUT2D eigenvalue weighted by Crippen LogP contribution is 2.45. The first-order valence-corrected chi connectivity index (χ1v) is 12.5. The van der Waals surface area contributed by atoms with Gasteiger partial charge in [-0.25, -0.2) is 14.6 Å². The Morgan fingerprint density at radius 2 is 1.70 bits per heavy atom. The van der Waals surface area contributed by atoms with Gasteiger partial charge in [0.25, 0.3) is 5.91 Å². The Balaban J connectivity index is 0.000000333. The lowest BCUT2D eigenvalue weighted by molar-refractivity contribution is -0.193. The predicted molar refractivity (Wildman–Crippen MR) is 126 cm³/mol. The van der Waals surface area contributed by atoms with Crippen molar-refractivity contribution in [1.82, 2.24) is 14.8 Å². The van der Waals surface area contributed by atoms with Crippen LogP contribution in [0.4, 0.5) is 26.3 Å². The molecule has 1 amide bonds. The molecule has 0 saturated carbocycles. The summed E-state index contributed by atoms with van der Waals surface area (Å²) >= 11 is 1.72. The molecule has 2 aliphatic heterocycles. The van der Waals surface area contributed by atoms with Gasteiger partial charge in [-0.1, -0.05) is 0 Å². The molecular formula is C23H27F6N3O7S. The lowest BCUT2D eigenvalue weighted by atomic mass is 9.71. The zero-order chi connectivity index (χ0) is 30.1. The predicted octanol–water partition coefficient (Wildman–Crippen LogP) is 4.00. The Morgan fingerprint density at radius 3 is 2.12 bits per heavy atom. The van der Waals surface area contributed by atoms with E-state index >= 15 is 0 Å². The van der Waals surface area contributed by atoms with Crippen LogP contribution in [0.2, 0.25) is 0 Å². The number of rotatable bonds is 5. The summed E-state index contributed by atoms with van der Waals surface area (Å²) in [5.74, 6) is -4.70. The maximum absolute atomic E-state index is 12.7.